The first-order chi connectivity index (χ1) is 9.72. The molecule has 104 valence electrons. The number of hydrogen-bond acceptors (Lipinski definition) is 3. The van der Waals surface area contributed by atoms with Gasteiger partial charge in [0.05, 0.1) is 19.3 Å². The molecule has 0 aromatic heterocycles. The van der Waals surface area contributed by atoms with Gasteiger partial charge in [0.2, 0.25) is 0 Å². The molecule has 3 heteroatoms. The number of carbonyl (C=O) groups excluding carboxylic acids is 1. The Balaban J connectivity index is 2.04. The first-order valence-electron chi connectivity index (χ1n) is 6.62. The van der Waals surface area contributed by atoms with Crippen LogP contribution in [0.4, 0.5) is 0 Å². The smallest absolute Gasteiger partial charge is 0.338 e. The molecule has 0 unspecified atom stereocenters. The lowest BCUT2D eigenvalue weighted by Crippen LogP contribution is -2.04. The average Bonchev–Trinajstić information content (AvgIpc) is 2.49. The Labute approximate surface area is 119 Å². The zero-order valence-corrected chi connectivity index (χ0v) is 11.8. The molecule has 0 aliphatic rings. The van der Waals surface area contributed by atoms with E-state index in [0.717, 1.165) is 17.7 Å². The molecule has 0 aliphatic carbocycles. The fourth-order valence-electron chi connectivity index (χ4n) is 1.95. The summed E-state index contributed by atoms with van der Waals surface area (Å²) in [6.45, 7) is 2.20. The van der Waals surface area contributed by atoms with Crippen LogP contribution in [0.15, 0.2) is 48.5 Å². The molecule has 2 rings (SSSR count). The topological polar surface area (TPSA) is 35.5 Å². The molecule has 2 aromatic carbocycles. The van der Waals surface area contributed by atoms with E-state index in [-0.39, 0.29) is 5.97 Å². The van der Waals surface area contributed by atoms with E-state index in [0.29, 0.717) is 12.2 Å². The van der Waals surface area contributed by atoms with Gasteiger partial charge in [-0.15, -0.1) is 0 Å². The fraction of sp³-hybridized carbons (Fsp3) is 0.235. The first-order valence-corrected chi connectivity index (χ1v) is 6.62. The van der Waals surface area contributed by atoms with Gasteiger partial charge in [-0.2, -0.15) is 0 Å². The predicted octanol–water partition coefficient (Wildman–Crippen LogP) is 3.46. The van der Waals surface area contributed by atoms with E-state index in [2.05, 4.69) is 0 Å². The van der Waals surface area contributed by atoms with Crippen molar-refractivity contribution in [3.8, 4) is 5.75 Å². The van der Waals surface area contributed by atoms with Crippen molar-refractivity contribution in [3.05, 3.63) is 65.2 Å². The molecule has 0 bridgehead atoms. The minimum atomic E-state index is -0.275. The molecular weight excluding hydrogens is 252 g/mol. The maximum atomic E-state index is 11.5. The molecular formula is C17H18O3. The lowest BCUT2D eigenvalue weighted by molar-refractivity contribution is 0.0526. The molecule has 0 saturated heterocycles. The Hall–Kier alpha value is -2.29. The van der Waals surface area contributed by atoms with Gasteiger partial charge >= 0.3 is 5.97 Å². The third-order valence-corrected chi connectivity index (χ3v) is 3.03. The lowest BCUT2D eigenvalue weighted by atomic mass is 10.0. The zero-order chi connectivity index (χ0) is 14.4. The second kappa shape index (κ2) is 6.75. The van der Waals surface area contributed by atoms with Crippen molar-refractivity contribution in [2.24, 2.45) is 0 Å². The van der Waals surface area contributed by atoms with Crippen molar-refractivity contribution in [3.63, 3.8) is 0 Å². The van der Waals surface area contributed by atoms with E-state index in [1.165, 1.54) is 5.56 Å². The summed E-state index contributed by atoms with van der Waals surface area (Å²) >= 11 is 0. The quantitative estimate of drug-likeness (QED) is 0.780. The standard InChI is InChI=1S/C17H18O3/c1-3-20-17(18)15-8-4-13(5-9-15)12-14-6-10-16(19-2)11-7-14/h4-11H,3,12H2,1-2H3. The molecule has 0 atom stereocenters. The van der Waals surface area contributed by atoms with E-state index in [1.807, 2.05) is 36.4 Å². The summed E-state index contributed by atoms with van der Waals surface area (Å²) in [6.07, 6.45) is 0.826. The molecule has 0 fully saturated rings. The van der Waals surface area contributed by atoms with E-state index in [4.69, 9.17) is 9.47 Å². The zero-order valence-electron chi connectivity index (χ0n) is 11.8. The van der Waals surface area contributed by atoms with Crippen molar-refractivity contribution in [2.75, 3.05) is 13.7 Å². The minimum Gasteiger partial charge on any atom is -0.497 e. The molecule has 3 nitrogen and oxygen atoms in total. The fourth-order valence-corrected chi connectivity index (χ4v) is 1.95. The maximum absolute atomic E-state index is 11.5. The second-order valence-electron chi connectivity index (χ2n) is 4.44. The van der Waals surface area contributed by atoms with E-state index >= 15 is 0 Å². The largest absolute Gasteiger partial charge is 0.497 e. The molecule has 2 aromatic rings. The molecule has 0 spiro atoms. The first kappa shape index (κ1) is 14.1. The van der Waals surface area contributed by atoms with Crippen molar-refractivity contribution in [1.29, 1.82) is 0 Å². The van der Waals surface area contributed by atoms with Crippen molar-refractivity contribution in [2.45, 2.75) is 13.3 Å². The third kappa shape index (κ3) is 3.60. The number of carbonyl (C=O) groups is 1. The van der Waals surface area contributed by atoms with Gasteiger partial charge in [-0.3, -0.25) is 0 Å². The lowest BCUT2D eigenvalue weighted by Gasteiger charge is -2.05. The van der Waals surface area contributed by atoms with Gasteiger partial charge in [0.25, 0.3) is 0 Å². The van der Waals surface area contributed by atoms with E-state index in [9.17, 15) is 4.79 Å². The summed E-state index contributed by atoms with van der Waals surface area (Å²) in [5.41, 5.74) is 2.95. The summed E-state index contributed by atoms with van der Waals surface area (Å²) in [5.74, 6) is 0.579. The van der Waals surface area contributed by atoms with Gasteiger partial charge in [-0.05, 0) is 48.7 Å². The number of benzene rings is 2. The summed E-state index contributed by atoms with van der Waals surface area (Å²) in [4.78, 5) is 11.5. The van der Waals surface area contributed by atoms with Gasteiger partial charge in [0, 0.05) is 0 Å². The number of methoxy groups -OCH3 is 1. The van der Waals surface area contributed by atoms with Crippen molar-refractivity contribution >= 4 is 5.97 Å². The normalized spacial score (nSPS) is 10.1. The Morgan fingerprint density at radius 2 is 1.50 bits per heavy atom. The summed E-state index contributed by atoms with van der Waals surface area (Å²) in [5, 5.41) is 0. The predicted molar refractivity (Wildman–Crippen MR) is 78.2 cm³/mol. The van der Waals surface area contributed by atoms with Crippen LogP contribution in [0.2, 0.25) is 0 Å². The van der Waals surface area contributed by atoms with Crippen LogP contribution in [0.25, 0.3) is 0 Å². The van der Waals surface area contributed by atoms with Crippen LogP contribution in [0.3, 0.4) is 0 Å². The van der Waals surface area contributed by atoms with Crippen LogP contribution in [0.5, 0.6) is 5.75 Å². The minimum absolute atomic E-state index is 0.275. The molecule has 0 heterocycles. The van der Waals surface area contributed by atoms with Crippen molar-refractivity contribution < 1.29 is 14.3 Å². The molecule has 0 radical (unpaired) electrons. The Bertz CT molecular complexity index is 556. The van der Waals surface area contributed by atoms with Gasteiger partial charge in [-0.1, -0.05) is 24.3 Å². The molecule has 0 N–H and O–H groups in total. The monoisotopic (exact) mass is 270 g/mol. The van der Waals surface area contributed by atoms with Crippen LogP contribution in [-0.4, -0.2) is 19.7 Å². The molecule has 20 heavy (non-hydrogen) atoms. The summed E-state index contributed by atoms with van der Waals surface area (Å²) < 4.78 is 10.1. The van der Waals surface area contributed by atoms with E-state index in [1.54, 1.807) is 26.2 Å². The number of esters is 1. The average molecular weight is 270 g/mol. The van der Waals surface area contributed by atoms with Crippen LogP contribution in [-0.2, 0) is 11.2 Å². The van der Waals surface area contributed by atoms with Crippen LogP contribution in [0, 0.1) is 0 Å². The second-order valence-corrected chi connectivity index (χ2v) is 4.44. The van der Waals surface area contributed by atoms with Gasteiger partial charge in [-0.25, -0.2) is 4.79 Å². The van der Waals surface area contributed by atoms with E-state index < -0.39 is 0 Å². The highest BCUT2D eigenvalue weighted by molar-refractivity contribution is 5.89. The summed E-state index contributed by atoms with van der Waals surface area (Å²) in [6, 6.07) is 15.5. The summed E-state index contributed by atoms with van der Waals surface area (Å²) in [7, 11) is 1.66. The maximum Gasteiger partial charge on any atom is 0.338 e. The molecule has 0 saturated carbocycles. The van der Waals surface area contributed by atoms with Gasteiger partial charge < -0.3 is 9.47 Å². The van der Waals surface area contributed by atoms with Crippen LogP contribution >= 0.6 is 0 Å². The Kier molecular flexibility index (Phi) is 4.77. The Morgan fingerprint density at radius 1 is 0.950 bits per heavy atom. The van der Waals surface area contributed by atoms with Crippen molar-refractivity contribution in [1.82, 2.24) is 0 Å². The number of ether oxygens (including phenoxy) is 2. The van der Waals surface area contributed by atoms with Crippen LogP contribution < -0.4 is 4.74 Å². The highest BCUT2D eigenvalue weighted by Crippen LogP contribution is 2.15. The SMILES string of the molecule is CCOC(=O)c1ccc(Cc2ccc(OC)cc2)cc1. The Morgan fingerprint density at radius 3 is 2.00 bits per heavy atom. The number of rotatable bonds is 5. The highest BCUT2D eigenvalue weighted by Gasteiger charge is 2.05. The van der Waals surface area contributed by atoms with Gasteiger partial charge in [0.1, 0.15) is 5.75 Å². The molecule has 0 amide bonds. The highest BCUT2D eigenvalue weighted by atomic mass is 16.5. The molecule has 0 aliphatic heterocycles. The third-order valence-electron chi connectivity index (χ3n) is 3.03. The number of hydrogen-bond donors (Lipinski definition) is 0. The van der Waals surface area contributed by atoms with Gasteiger partial charge in [0.15, 0.2) is 0 Å². The van der Waals surface area contributed by atoms with Crippen LogP contribution in [0.1, 0.15) is 28.4 Å².